The molecule has 0 aliphatic carbocycles. The Balaban J connectivity index is 0.000000243. The van der Waals surface area contributed by atoms with Crippen molar-refractivity contribution in [1.82, 2.24) is 5.32 Å². The summed E-state index contributed by atoms with van der Waals surface area (Å²) in [6, 6.07) is 0.454. The van der Waals surface area contributed by atoms with Gasteiger partial charge >= 0.3 is 11.9 Å². The lowest BCUT2D eigenvalue weighted by Gasteiger charge is -2.21. The first kappa shape index (κ1) is 11.6. The van der Waals surface area contributed by atoms with Gasteiger partial charge in [-0.25, -0.2) is 9.59 Å². The minimum absolute atomic E-state index is 0.454. The molecule has 0 atom stereocenters. The zero-order valence-electron chi connectivity index (χ0n) is 6.93. The minimum atomic E-state index is -1.26. The third kappa shape index (κ3) is 8.51. The van der Waals surface area contributed by atoms with Crippen molar-refractivity contribution >= 4 is 11.9 Å². The number of hydrogen-bond donors (Lipinski definition) is 4. The second-order valence-electron chi connectivity index (χ2n) is 2.43. The van der Waals surface area contributed by atoms with E-state index in [1.807, 2.05) is 0 Å². The Morgan fingerprint density at radius 2 is 1.54 bits per heavy atom. The standard InChI is InChI=1S/C4H4O4.C3H8N2/c5-3(6)1-2-4(7)8;4-3-1-5-2-3/h1-2H,(H,5,6)(H,7,8);3,5H,1-2,4H2/b2-1-;. The van der Waals surface area contributed by atoms with Crippen LogP contribution in [0.5, 0.6) is 0 Å². The summed E-state index contributed by atoms with van der Waals surface area (Å²) in [5, 5.41) is 18.7. The smallest absolute Gasteiger partial charge is 0.328 e. The molecule has 1 rings (SSSR count). The van der Waals surface area contributed by atoms with E-state index in [9.17, 15) is 9.59 Å². The van der Waals surface area contributed by atoms with Crippen LogP contribution in [0.15, 0.2) is 12.2 Å². The maximum absolute atomic E-state index is 9.55. The van der Waals surface area contributed by atoms with E-state index in [-0.39, 0.29) is 0 Å². The summed E-state index contributed by atoms with van der Waals surface area (Å²) in [5.74, 6) is -2.51. The van der Waals surface area contributed by atoms with Crippen molar-refractivity contribution in [3.8, 4) is 0 Å². The molecule has 1 heterocycles. The Kier molecular flexibility index (Phi) is 5.49. The fourth-order valence-corrected chi connectivity index (χ4v) is 0.454. The van der Waals surface area contributed by atoms with Crippen molar-refractivity contribution < 1.29 is 19.8 Å². The van der Waals surface area contributed by atoms with E-state index in [4.69, 9.17) is 15.9 Å². The first-order chi connectivity index (χ1) is 6.02. The summed E-state index contributed by atoms with van der Waals surface area (Å²) in [4.78, 5) is 19.1. The van der Waals surface area contributed by atoms with Crippen molar-refractivity contribution in [2.45, 2.75) is 6.04 Å². The number of rotatable bonds is 2. The van der Waals surface area contributed by atoms with Crippen LogP contribution < -0.4 is 11.1 Å². The molecule has 0 saturated carbocycles. The van der Waals surface area contributed by atoms with Crippen molar-refractivity contribution in [1.29, 1.82) is 0 Å². The molecule has 0 amide bonds. The zero-order valence-corrected chi connectivity index (χ0v) is 6.93. The van der Waals surface area contributed by atoms with Gasteiger partial charge in [-0.05, 0) is 0 Å². The molecule has 6 heteroatoms. The van der Waals surface area contributed by atoms with Gasteiger partial charge in [0.25, 0.3) is 0 Å². The van der Waals surface area contributed by atoms with Gasteiger partial charge in [0.05, 0.1) is 0 Å². The molecule has 0 aromatic carbocycles. The number of hydrogen-bond acceptors (Lipinski definition) is 4. The Morgan fingerprint density at radius 3 is 1.62 bits per heavy atom. The minimum Gasteiger partial charge on any atom is -0.478 e. The van der Waals surface area contributed by atoms with Gasteiger partial charge in [0.2, 0.25) is 0 Å². The molecule has 0 aromatic rings. The maximum Gasteiger partial charge on any atom is 0.328 e. The topological polar surface area (TPSA) is 113 Å². The number of nitrogens with one attached hydrogen (secondary N) is 1. The van der Waals surface area contributed by atoms with Crippen LogP contribution in [0.4, 0.5) is 0 Å². The molecule has 1 aliphatic rings. The lowest BCUT2D eigenvalue weighted by molar-refractivity contribution is -0.134. The quantitative estimate of drug-likeness (QED) is 0.398. The first-order valence-electron chi connectivity index (χ1n) is 3.62. The Bertz CT molecular complexity index is 195. The molecular weight excluding hydrogens is 176 g/mol. The van der Waals surface area contributed by atoms with Crippen LogP contribution in [-0.2, 0) is 9.59 Å². The summed E-state index contributed by atoms with van der Waals surface area (Å²) >= 11 is 0. The van der Waals surface area contributed by atoms with Crippen LogP contribution in [0, 0.1) is 0 Å². The molecule has 0 radical (unpaired) electrons. The van der Waals surface area contributed by atoms with Gasteiger partial charge in [0.1, 0.15) is 0 Å². The predicted octanol–water partition coefficient (Wildman–Crippen LogP) is -1.37. The number of carboxylic acid groups (broad SMARTS) is 2. The highest BCUT2D eigenvalue weighted by Crippen LogP contribution is 1.80. The Morgan fingerprint density at radius 1 is 1.23 bits per heavy atom. The second-order valence-corrected chi connectivity index (χ2v) is 2.43. The van der Waals surface area contributed by atoms with E-state index in [0.717, 1.165) is 13.1 Å². The summed E-state index contributed by atoms with van der Waals surface area (Å²) < 4.78 is 0. The van der Waals surface area contributed by atoms with Gasteiger partial charge in [0.15, 0.2) is 0 Å². The van der Waals surface area contributed by atoms with Crippen molar-refractivity contribution in [2.24, 2.45) is 5.73 Å². The normalized spacial score (nSPS) is 15.8. The highest BCUT2D eigenvalue weighted by Gasteiger charge is 2.08. The SMILES string of the molecule is NC1CNC1.O=C(O)/C=C\C(=O)O. The van der Waals surface area contributed by atoms with E-state index in [0.29, 0.717) is 18.2 Å². The molecule has 0 aromatic heterocycles. The third-order valence-corrected chi connectivity index (χ3v) is 1.18. The van der Waals surface area contributed by atoms with Crippen LogP contribution in [0.25, 0.3) is 0 Å². The van der Waals surface area contributed by atoms with Crippen LogP contribution in [0.1, 0.15) is 0 Å². The van der Waals surface area contributed by atoms with Gasteiger partial charge in [-0.1, -0.05) is 0 Å². The van der Waals surface area contributed by atoms with Crippen LogP contribution in [-0.4, -0.2) is 41.3 Å². The molecule has 1 fully saturated rings. The van der Waals surface area contributed by atoms with Gasteiger partial charge in [-0.3, -0.25) is 0 Å². The molecular formula is C7H12N2O4. The zero-order chi connectivity index (χ0) is 10.3. The number of aliphatic carboxylic acids is 2. The van der Waals surface area contributed by atoms with Crippen LogP contribution in [0.3, 0.4) is 0 Å². The van der Waals surface area contributed by atoms with Crippen LogP contribution in [0.2, 0.25) is 0 Å². The van der Waals surface area contributed by atoms with Gasteiger partial charge in [-0.15, -0.1) is 0 Å². The molecule has 0 unspecified atom stereocenters. The lowest BCUT2D eigenvalue weighted by atomic mass is 10.2. The van der Waals surface area contributed by atoms with E-state index in [1.54, 1.807) is 0 Å². The average molecular weight is 188 g/mol. The summed E-state index contributed by atoms with van der Waals surface area (Å²) in [7, 11) is 0. The van der Waals surface area contributed by atoms with E-state index in [2.05, 4.69) is 5.32 Å². The summed E-state index contributed by atoms with van der Waals surface area (Å²) in [6.45, 7) is 2.03. The fourth-order valence-electron chi connectivity index (χ4n) is 0.454. The number of nitrogens with two attached hydrogens (primary N) is 1. The lowest BCUT2D eigenvalue weighted by Crippen LogP contribution is -2.52. The first-order valence-corrected chi connectivity index (χ1v) is 3.62. The highest BCUT2D eigenvalue weighted by atomic mass is 16.4. The molecule has 0 spiro atoms. The summed E-state index contributed by atoms with van der Waals surface area (Å²) in [6.07, 6.45) is 1.12. The predicted molar refractivity (Wildman–Crippen MR) is 45.3 cm³/mol. The van der Waals surface area contributed by atoms with Crippen LogP contribution >= 0.6 is 0 Å². The maximum atomic E-state index is 9.55. The van der Waals surface area contributed by atoms with Gasteiger partial charge < -0.3 is 21.3 Å². The highest BCUT2D eigenvalue weighted by molar-refractivity contribution is 5.89. The molecule has 1 saturated heterocycles. The molecule has 1 aliphatic heterocycles. The molecule has 5 N–H and O–H groups in total. The second kappa shape index (κ2) is 6.15. The average Bonchev–Trinajstić information content (AvgIpc) is 1.98. The Hall–Kier alpha value is -1.40. The molecule has 6 nitrogen and oxygen atoms in total. The number of carbonyl (C=O) groups is 2. The van der Waals surface area contributed by atoms with Crippen molar-refractivity contribution in [2.75, 3.05) is 13.1 Å². The molecule has 74 valence electrons. The largest absolute Gasteiger partial charge is 0.478 e. The van der Waals surface area contributed by atoms with Crippen molar-refractivity contribution in [3.05, 3.63) is 12.2 Å². The van der Waals surface area contributed by atoms with E-state index in [1.165, 1.54) is 0 Å². The summed E-state index contributed by atoms with van der Waals surface area (Å²) in [5.41, 5.74) is 5.32. The number of carboxylic acids is 2. The monoisotopic (exact) mass is 188 g/mol. The molecule has 13 heavy (non-hydrogen) atoms. The fraction of sp³-hybridized carbons (Fsp3) is 0.429. The van der Waals surface area contributed by atoms with E-state index < -0.39 is 11.9 Å². The third-order valence-electron chi connectivity index (χ3n) is 1.18. The molecule has 0 bridgehead atoms. The van der Waals surface area contributed by atoms with Gasteiger partial charge in [-0.2, -0.15) is 0 Å². The van der Waals surface area contributed by atoms with E-state index >= 15 is 0 Å². The van der Waals surface area contributed by atoms with Gasteiger partial charge in [0, 0.05) is 31.3 Å². The Labute approximate surface area is 75.0 Å². The van der Waals surface area contributed by atoms with Crippen molar-refractivity contribution in [3.63, 3.8) is 0 Å².